The molecule has 0 radical (unpaired) electrons. The van der Waals surface area contributed by atoms with Crippen molar-refractivity contribution < 1.29 is 28.6 Å². The molecule has 1 aliphatic heterocycles. The Morgan fingerprint density at radius 1 is 1.20 bits per heavy atom. The number of halogens is 1. The van der Waals surface area contributed by atoms with E-state index >= 15 is 4.39 Å². The molecule has 2 aromatic carbocycles. The van der Waals surface area contributed by atoms with Gasteiger partial charge >= 0.3 is 0 Å². The molecule has 0 spiro atoms. The Labute approximate surface area is 169 Å². The van der Waals surface area contributed by atoms with Gasteiger partial charge in [0.25, 0.3) is 5.89 Å². The van der Waals surface area contributed by atoms with Crippen molar-refractivity contribution in [2.24, 2.45) is 0 Å². The molecule has 4 aromatic rings. The number of benzene rings is 2. The first-order chi connectivity index (χ1) is 14.4. The second-order valence-corrected chi connectivity index (χ2v) is 7.35. The standard InChI is InChI=1S/C20H17FN4O5/c1-20(7-29-8-20)25-13-5-10(19-22-9-23-30-19)3-4-12(13)24-18(25)11-6-14(28-2)16(26)17(27)15(11)21/h3-6,9,26-27H,7-8H2,1-2H3. The molecule has 1 fully saturated rings. The number of phenolic OH excluding ortho intramolecular Hbond substituents is 2. The van der Waals surface area contributed by atoms with Crippen molar-refractivity contribution in [3.05, 3.63) is 36.4 Å². The van der Waals surface area contributed by atoms with Gasteiger partial charge in [0.2, 0.25) is 5.75 Å². The molecule has 3 heterocycles. The van der Waals surface area contributed by atoms with Gasteiger partial charge in [-0.05, 0) is 31.2 Å². The van der Waals surface area contributed by atoms with E-state index in [0.29, 0.717) is 35.7 Å². The van der Waals surface area contributed by atoms with Gasteiger partial charge in [0.05, 0.1) is 42.5 Å². The van der Waals surface area contributed by atoms with E-state index in [1.165, 1.54) is 19.5 Å². The van der Waals surface area contributed by atoms with E-state index in [-0.39, 0.29) is 17.1 Å². The van der Waals surface area contributed by atoms with Gasteiger partial charge in [-0.2, -0.15) is 4.98 Å². The lowest BCUT2D eigenvalue weighted by Gasteiger charge is -2.40. The summed E-state index contributed by atoms with van der Waals surface area (Å²) in [5.41, 5.74) is 1.49. The highest BCUT2D eigenvalue weighted by Gasteiger charge is 2.39. The van der Waals surface area contributed by atoms with Crippen molar-refractivity contribution in [2.45, 2.75) is 12.5 Å². The molecular weight excluding hydrogens is 395 g/mol. The molecule has 2 N–H and O–H groups in total. The monoisotopic (exact) mass is 412 g/mol. The van der Waals surface area contributed by atoms with E-state index < -0.39 is 22.9 Å². The van der Waals surface area contributed by atoms with Crippen molar-refractivity contribution >= 4 is 11.0 Å². The Bertz CT molecular complexity index is 1260. The zero-order valence-electron chi connectivity index (χ0n) is 16.1. The highest BCUT2D eigenvalue weighted by atomic mass is 19.1. The third kappa shape index (κ3) is 2.53. The van der Waals surface area contributed by atoms with Crippen LogP contribution in [0.1, 0.15) is 6.92 Å². The zero-order valence-corrected chi connectivity index (χ0v) is 16.1. The lowest BCUT2D eigenvalue weighted by molar-refractivity contribution is -0.0868. The molecule has 30 heavy (non-hydrogen) atoms. The summed E-state index contributed by atoms with van der Waals surface area (Å²) in [6.45, 7) is 2.77. The minimum absolute atomic E-state index is 0.00850. The van der Waals surface area contributed by atoms with Crippen molar-refractivity contribution in [2.75, 3.05) is 20.3 Å². The van der Waals surface area contributed by atoms with Crippen molar-refractivity contribution in [3.8, 4) is 40.1 Å². The lowest BCUT2D eigenvalue weighted by atomic mass is 9.98. The predicted octanol–water partition coefficient (Wildman–Crippen LogP) is 3.06. The molecule has 10 heteroatoms. The number of methoxy groups -OCH3 is 1. The number of ether oxygens (including phenoxy) is 2. The van der Waals surface area contributed by atoms with Crippen LogP contribution in [0.3, 0.4) is 0 Å². The topological polar surface area (TPSA) is 116 Å². The molecule has 2 aromatic heterocycles. The number of aromatic nitrogens is 4. The number of imidazole rings is 1. The van der Waals surface area contributed by atoms with E-state index in [1.54, 1.807) is 12.1 Å². The summed E-state index contributed by atoms with van der Waals surface area (Å²) in [6.07, 6.45) is 1.31. The molecule has 0 bridgehead atoms. The molecule has 0 amide bonds. The Kier molecular flexibility index (Phi) is 3.93. The second-order valence-electron chi connectivity index (χ2n) is 7.35. The van der Waals surface area contributed by atoms with Gasteiger partial charge < -0.3 is 28.8 Å². The summed E-state index contributed by atoms with van der Waals surface area (Å²) in [7, 11) is 1.32. The predicted molar refractivity (Wildman–Crippen MR) is 103 cm³/mol. The fourth-order valence-corrected chi connectivity index (χ4v) is 3.69. The van der Waals surface area contributed by atoms with Crippen LogP contribution in [0.5, 0.6) is 17.2 Å². The Morgan fingerprint density at radius 2 is 2.00 bits per heavy atom. The first kappa shape index (κ1) is 18.4. The summed E-state index contributed by atoms with van der Waals surface area (Å²) >= 11 is 0. The molecule has 0 saturated carbocycles. The Balaban J connectivity index is 1.81. The van der Waals surface area contributed by atoms with E-state index in [2.05, 4.69) is 15.1 Å². The molecule has 1 aliphatic rings. The van der Waals surface area contributed by atoms with Gasteiger partial charge in [0.1, 0.15) is 5.82 Å². The fraction of sp³-hybridized carbons (Fsp3) is 0.250. The number of nitrogens with zero attached hydrogens (tertiary/aromatic N) is 4. The number of hydrogen-bond acceptors (Lipinski definition) is 8. The summed E-state index contributed by atoms with van der Waals surface area (Å²) in [5.74, 6) is -2.02. The van der Waals surface area contributed by atoms with E-state index in [9.17, 15) is 10.2 Å². The molecule has 5 rings (SSSR count). The summed E-state index contributed by atoms with van der Waals surface area (Å²) in [5, 5.41) is 23.6. The second kappa shape index (κ2) is 6.42. The summed E-state index contributed by atoms with van der Waals surface area (Å²) in [6, 6.07) is 6.69. The molecule has 9 nitrogen and oxygen atoms in total. The number of fused-ring (bicyclic) bond motifs is 1. The number of hydrogen-bond donors (Lipinski definition) is 2. The zero-order chi connectivity index (χ0) is 21.0. The van der Waals surface area contributed by atoms with Crippen LogP contribution in [-0.4, -0.2) is 50.2 Å². The van der Waals surface area contributed by atoms with Crippen LogP contribution < -0.4 is 4.74 Å². The first-order valence-corrected chi connectivity index (χ1v) is 9.09. The van der Waals surface area contributed by atoms with Crippen LogP contribution >= 0.6 is 0 Å². The largest absolute Gasteiger partial charge is 0.502 e. The van der Waals surface area contributed by atoms with Crippen LogP contribution in [-0.2, 0) is 10.3 Å². The normalized spacial score (nSPS) is 15.3. The van der Waals surface area contributed by atoms with Crippen LogP contribution in [0, 0.1) is 5.82 Å². The number of aromatic hydroxyl groups is 2. The van der Waals surface area contributed by atoms with Crippen molar-refractivity contribution in [1.82, 2.24) is 19.7 Å². The molecule has 0 unspecified atom stereocenters. The Morgan fingerprint density at radius 3 is 2.63 bits per heavy atom. The van der Waals surface area contributed by atoms with Gasteiger partial charge in [-0.25, -0.2) is 9.37 Å². The van der Waals surface area contributed by atoms with Gasteiger partial charge in [-0.3, -0.25) is 0 Å². The number of phenols is 2. The van der Waals surface area contributed by atoms with Gasteiger partial charge in [-0.15, -0.1) is 0 Å². The third-order valence-corrected chi connectivity index (χ3v) is 5.27. The summed E-state index contributed by atoms with van der Waals surface area (Å²) < 4.78 is 32.5. The minimum atomic E-state index is -0.995. The fourth-order valence-electron chi connectivity index (χ4n) is 3.69. The minimum Gasteiger partial charge on any atom is -0.502 e. The maximum Gasteiger partial charge on any atom is 0.257 e. The van der Waals surface area contributed by atoms with Crippen LogP contribution in [0.2, 0.25) is 0 Å². The average molecular weight is 412 g/mol. The van der Waals surface area contributed by atoms with Gasteiger partial charge in [-0.1, -0.05) is 5.16 Å². The van der Waals surface area contributed by atoms with E-state index in [0.717, 1.165) is 0 Å². The average Bonchev–Trinajstić information content (AvgIpc) is 3.38. The first-order valence-electron chi connectivity index (χ1n) is 9.09. The number of rotatable bonds is 4. The van der Waals surface area contributed by atoms with Crippen molar-refractivity contribution in [3.63, 3.8) is 0 Å². The lowest BCUT2D eigenvalue weighted by Crippen LogP contribution is -2.49. The van der Waals surface area contributed by atoms with Crippen LogP contribution in [0.15, 0.2) is 35.1 Å². The Hall–Kier alpha value is -3.66. The third-order valence-electron chi connectivity index (χ3n) is 5.27. The van der Waals surface area contributed by atoms with Crippen molar-refractivity contribution in [1.29, 1.82) is 0 Å². The molecule has 0 aliphatic carbocycles. The van der Waals surface area contributed by atoms with E-state index in [1.807, 2.05) is 17.6 Å². The summed E-state index contributed by atoms with van der Waals surface area (Å²) in [4.78, 5) is 8.69. The highest BCUT2D eigenvalue weighted by Crippen LogP contribution is 2.45. The van der Waals surface area contributed by atoms with E-state index in [4.69, 9.17) is 14.0 Å². The molecular formula is C20H17FN4O5. The smallest absolute Gasteiger partial charge is 0.257 e. The van der Waals surface area contributed by atoms with Gasteiger partial charge in [0.15, 0.2) is 23.6 Å². The molecule has 1 saturated heterocycles. The van der Waals surface area contributed by atoms with Gasteiger partial charge in [0, 0.05) is 5.56 Å². The molecule has 0 atom stereocenters. The van der Waals surface area contributed by atoms with Crippen LogP contribution in [0.25, 0.3) is 33.9 Å². The highest BCUT2D eigenvalue weighted by molar-refractivity contribution is 5.85. The quantitative estimate of drug-likeness (QED) is 0.492. The van der Waals surface area contributed by atoms with Crippen LogP contribution in [0.4, 0.5) is 4.39 Å². The maximum absolute atomic E-state index is 15.0. The SMILES string of the molecule is COc1cc(-c2nc3ccc(-c4ncno4)cc3n2C2(C)COC2)c(F)c(O)c1O. The molecule has 154 valence electrons. The maximum atomic E-state index is 15.0.